The van der Waals surface area contributed by atoms with Gasteiger partial charge in [0.15, 0.2) is 0 Å². The molecular weight excluding hydrogens is 278 g/mol. The largest absolute Gasteiger partial charge is 0.372 e. The minimum atomic E-state index is 0.471. The van der Waals surface area contributed by atoms with Gasteiger partial charge < -0.3 is 10.6 Å². The molecule has 17 heavy (non-hydrogen) atoms. The molecule has 4 heteroatoms. The van der Waals surface area contributed by atoms with Crippen LogP contribution < -0.4 is 10.6 Å². The number of allylic oxidation sites excluding steroid dienone is 1. The van der Waals surface area contributed by atoms with Crippen LogP contribution in [0.4, 0.5) is 0 Å². The van der Waals surface area contributed by atoms with Crippen LogP contribution in [-0.4, -0.2) is 29.7 Å². The van der Waals surface area contributed by atoms with E-state index in [4.69, 9.17) is 0 Å². The third-order valence-electron chi connectivity index (χ3n) is 3.82. The molecule has 0 bridgehead atoms. The van der Waals surface area contributed by atoms with Crippen LogP contribution in [0.25, 0.3) is 0 Å². The topological polar surface area (TPSA) is 36.4 Å². The van der Waals surface area contributed by atoms with Gasteiger partial charge in [0.25, 0.3) is 0 Å². The van der Waals surface area contributed by atoms with Crippen LogP contribution in [0.1, 0.15) is 19.3 Å². The van der Waals surface area contributed by atoms with Crippen molar-refractivity contribution in [3.63, 3.8) is 0 Å². The van der Waals surface area contributed by atoms with E-state index in [1.165, 1.54) is 18.7 Å². The second-order valence-corrected chi connectivity index (χ2v) is 5.99. The van der Waals surface area contributed by atoms with Gasteiger partial charge in [-0.05, 0) is 31.4 Å². The van der Waals surface area contributed by atoms with E-state index >= 15 is 0 Å². The molecule has 4 atom stereocenters. The van der Waals surface area contributed by atoms with Crippen molar-refractivity contribution in [3.8, 4) is 0 Å². The summed E-state index contributed by atoms with van der Waals surface area (Å²) < 4.78 is 0. The highest BCUT2D eigenvalue weighted by Gasteiger charge is 2.37. The minimum Gasteiger partial charge on any atom is -0.372 e. The lowest BCUT2D eigenvalue weighted by Crippen LogP contribution is -2.48. The van der Waals surface area contributed by atoms with Crippen molar-refractivity contribution in [3.05, 3.63) is 24.0 Å². The Balaban J connectivity index is 1.67. The quantitative estimate of drug-likeness (QED) is 0.764. The lowest BCUT2D eigenvalue weighted by molar-refractivity contribution is 0.313. The molecule has 2 heterocycles. The number of hydrogen-bond acceptors (Lipinski definition) is 3. The van der Waals surface area contributed by atoms with Crippen molar-refractivity contribution >= 4 is 22.1 Å². The second kappa shape index (κ2) is 4.84. The molecule has 0 aromatic heterocycles. The Hall–Kier alpha value is -0.770. The Kier molecular flexibility index (Phi) is 3.23. The molecule has 1 aliphatic carbocycles. The van der Waals surface area contributed by atoms with E-state index < -0.39 is 0 Å². The summed E-state index contributed by atoms with van der Waals surface area (Å²) in [6, 6.07) is 0.985. The van der Waals surface area contributed by atoms with Gasteiger partial charge in [0.1, 0.15) is 0 Å². The van der Waals surface area contributed by atoms with Crippen LogP contribution in [0, 0.1) is 5.92 Å². The summed E-state index contributed by atoms with van der Waals surface area (Å²) in [6.07, 6.45) is 12.1. The third kappa shape index (κ3) is 2.28. The molecule has 2 aliphatic heterocycles. The predicted octanol–water partition coefficient (Wildman–Crippen LogP) is 1.96. The first-order chi connectivity index (χ1) is 8.34. The zero-order valence-corrected chi connectivity index (χ0v) is 11.4. The van der Waals surface area contributed by atoms with Gasteiger partial charge in [-0.2, -0.15) is 0 Å². The van der Waals surface area contributed by atoms with Crippen LogP contribution in [-0.2, 0) is 0 Å². The highest BCUT2D eigenvalue weighted by molar-refractivity contribution is 9.09. The number of nitrogens with zero attached hydrogens (tertiary/aromatic N) is 1. The lowest BCUT2D eigenvalue weighted by atomic mass is 9.80. The second-order valence-electron chi connectivity index (χ2n) is 4.93. The smallest absolute Gasteiger partial charge is 0.0948 e. The van der Waals surface area contributed by atoms with Gasteiger partial charge in [0, 0.05) is 29.5 Å². The van der Waals surface area contributed by atoms with Crippen molar-refractivity contribution in [2.24, 2.45) is 10.9 Å². The van der Waals surface area contributed by atoms with Crippen molar-refractivity contribution in [1.29, 1.82) is 0 Å². The highest BCUT2D eigenvalue weighted by Crippen LogP contribution is 2.35. The summed E-state index contributed by atoms with van der Waals surface area (Å²) in [5, 5.41) is 7.00. The van der Waals surface area contributed by atoms with Gasteiger partial charge in [-0.3, -0.25) is 4.99 Å². The van der Waals surface area contributed by atoms with Crippen molar-refractivity contribution < 1.29 is 0 Å². The summed E-state index contributed by atoms with van der Waals surface area (Å²) in [6.45, 7) is 1.07. The Labute approximate surface area is 111 Å². The molecule has 92 valence electrons. The Morgan fingerprint density at radius 3 is 3.18 bits per heavy atom. The van der Waals surface area contributed by atoms with Gasteiger partial charge in [-0.15, -0.1) is 0 Å². The van der Waals surface area contributed by atoms with Crippen molar-refractivity contribution in [2.75, 3.05) is 6.54 Å². The lowest BCUT2D eigenvalue weighted by Gasteiger charge is -2.39. The number of fused-ring (bicyclic) bond motifs is 1. The van der Waals surface area contributed by atoms with Crippen LogP contribution in [0.2, 0.25) is 0 Å². The van der Waals surface area contributed by atoms with Gasteiger partial charge in [-0.25, -0.2) is 0 Å². The van der Waals surface area contributed by atoms with Crippen molar-refractivity contribution in [1.82, 2.24) is 10.6 Å². The predicted molar refractivity (Wildman–Crippen MR) is 74.5 cm³/mol. The summed E-state index contributed by atoms with van der Waals surface area (Å²) in [5.74, 6) is 1.74. The van der Waals surface area contributed by atoms with Crippen LogP contribution in [0.5, 0.6) is 0 Å². The maximum Gasteiger partial charge on any atom is 0.0948 e. The number of dihydropyridines is 1. The number of hydrogen-bond donors (Lipinski definition) is 2. The van der Waals surface area contributed by atoms with Gasteiger partial charge in [-0.1, -0.05) is 22.0 Å². The maximum atomic E-state index is 4.57. The van der Waals surface area contributed by atoms with Crippen LogP contribution in [0.15, 0.2) is 29.0 Å². The molecule has 1 saturated carbocycles. The molecule has 2 N–H and O–H groups in total. The molecule has 3 rings (SSSR count). The molecule has 0 amide bonds. The molecule has 0 saturated heterocycles. The number of rotatable bonds is 2. The number of alkyl halides is 1. The first-order valence-corrected chi connectivity index (χ1v) is 7.31. The monoisotopic (exact) mass is 295 g/mol. The van der Waals surface area contributed by atoms with Crippen LogP contribution in [0.3, 0.4) is 0 Å². The maximum absolute atomic E-state index is 4.57. The average molecular weight is 296 g/mol. The van der Waals surface area contributed by atoms with Gasteiger partial charge >= 0.3 is 0 Å². The summed E-state index contributed by atoms with van der Waals surface area (Å²) in [5.41, 5.74) is 0. The fourth-order valence-electron chi connectivity index (χ4n) is 2.89. The fraction of sp³-hybridized carbons (Fsp3) is 0.615. The molecule has 0 radical (unpaired) electrons. The van der Waals surface area contributed by atoms with E-state index in [2.05, 4.69) is 49.8 Å². The van der Waals surface area contributed by atoms with E-state index in [1.54, 1.807) is 0 Å². The van der Waals surface area contributed by atoms with Gasteiger partial charge in [0.05, 0.1) is 11.9 Å². The highest BCUT2D eigenvalue weighted by atomic mass is 79.9. The average Bonchev–Trinajstić information content (AvgIpc) is 2.86. The van der Waals surface area contributed by atoms with Gasteiger partial charge in [0.2, 0.25) is 0 Å². The SMILES string of the molecule is BrC1C(NC2=CCCN2)CCC2N=CC=CC21. The summed E-state index contributed by atoms with van der Waals surface area (Å²) >= 11 is 3.86. The van der Waals surface area contributed by atoms with E-state index in [0.29, 0.717) is 22.8 Å². The number of halogens is 1. The fourth-order valence-corrected chi connectivity index (χ4v) is 3.81. The molecule has 0 spiro atoms. The number of aliphatic imine (C=N–C) groups is 1. The molecule has 3 aliphatic rings. The number of nitrogens with one attached hydrogen (secondary N) is 2. The summed E-state index contributed by atoms with van der Waals surface area (Å²) in [4.78, 5) is 5.04. The molecular formula is C13H18BrN3. The Morgan fingerprint density at radius 1 is 1.41 bits per heavy atom. The Morgan fingerprint density at radius 2 is 2.35 bits per heavy atom. The molecule has 0 aromatic carbocycles. The third-order valence-corrected chi connectivity index (χ3v) is 5.06. The van der Waals surface area contributed by atoms with Crippen molar-refractivity contribution in [2.45, 2.75) is 36.2 Å². The first kappa shape index (κ1) is 11.3. The standard InChI is InChI=1S/C13H18BrN3/c14-13-9-3-1-7-15-10(9)5-6-11(13)17-12-4-2-8-16-12/h1,3-4,7,9-11,13,16-17H,2,5-6,8H2. The van der Waals surface area contributed by atoms with Crippen LogP contribution >= 0.6 is 15.9 Å². The molecule has 4 unspecified atom stereocenters. The van der Waals surface area contributed by atoms with E-state index in [0.717, 1.165) is 13.0 Å². The summed E-state index contributed by atoms with van der Waals surface area (Å²) in [7, 11) is 0. The van der Waals surface area contributed by atoms with E-state index in [1.807, 2.05) is 6.21 Å². The first-order valence-electron chi connectivity index (χ1n) is 6.39. The molecule has 3 nitrogen and oxygen atoms in total. The van der Waals surface area contributed by atoms with E-state index in [-0.39, 0.29) is 0 Å². The zero-order valence-electron chi connectivity index (χ0n) is 9.77. The molecule has 1 fully saturated rings. The minimum absolute atomic E-state index is 0.471. The normalized spacial score (nSPS) is 39.5. The zero-order chi connectivity index (χ0) is 11.7. The Bertz CT molecular complexity index is 375. The molecule has 0 aromatic rings. The van der Waals surface area contributed by atoms with E-state index in [9.17, 15) is 0 Å².